The Morgan fingerprint density at radius 3 is 2.26 bits per heavy atom. The van der Waals surface area contributed by atoms with Crippen LogP contribution in [0.3, 0.4) is 0 Å². The summed E-state index contributed by atoms with van der Waals surface area (Å²) in [6, 6.07) is 19.7. The number of hydrogen-bond acceptors (Lipinski definition) is 4. The lowest BCUT2D eigenvalue weighted by Gasteiger charge is -2.64. The van der Waals surface area contributed by atoms with E-state index in [2.05, 4.69) is 50.4 Å². The summed E-state index contributed by atoms with van der Waals surface area (Å²) in [5, 5.41) is 3.11. The fourth-order valence-electron chi connectivity index (χ4n) is 6.61. The van der Waals surface area contributed by atoms with Crippen molar-refractivity contribution >= 4 is 13.0 Å². The van der Waals surface area contributed by atoms with Crippen LogP contribution in [0.5, 0.6) is 0 Å². The predicted octanol–water partition coefficient (Wildman–Crippen LogP) is 4.01. The zero-order chi connectivity index (χ0) is 23.9. The number of carbonyl (C=O) groups is 1. The zero-order valence-corrected chi connectivity index (χ0v) is 20.6. The first kappa shape index (κ1) is 23.6. The second-order valence-corrected chi connectivity index (χ2v) is 11.3. The molecule has 5 nitrogen and oxygen atoms in total. The van der Waals surface area contributed by atoms with Crippen molar-refractivity contribution in [1.29, 1.82) is 0 Å². The number of hydrogen-bond donors (Lipinski definition) is 2. The van der Waals surface area contributed by atoms with Crippen LogP contribution in [-0.4, -0.2) is 37.3 Å². The van der Waals surface area contributed by atoms with Crippen molar-refractivity contribution in [2.45, 2.75) is 70.0 Å². The van der Waals surface area contributed by atoms with Crippen molar-refractivity contribution in [3.63, 3.8) is 0 Å². The Hall–Kier alpha value is -2.15. The molecule has 4 fully saturated rings. The standard InChI is InChI=1S/C28H37BN2O3/c1-27(2)21-16-24(27)28(3)25(17-21)33-29(34-28)22(14-19-10-6-4-7-11-19)18-31-26(32)23(30)15-20-12-8-5-9-13-20/h4-13,21-25H,14-18,30H2,1-3H3,(H,31,32)/t21?,22-,23+,24?,25?,28-/m1/s1. The molecule has 6 heteroatoms. The molecule has 4 aliphatic rings. The minimum atomic E-state index is -0.585. The maximum absolute atomic E-state index is 12.9. The lowest BCUT2D eigenvalue weighted by atomic mass is 9.43. The van der Waals surface area contributed by atoms with Crippen LogP contribution >= 0.6 is 0 Å². The molecule has 1 aliphatic heterocycles. The van der Waals surface area contributed by atoms with Crippen LogP contribution in [0.25, 0.3) is 0 Å². The summed E-state index contributed by atoms with van der Waals surface area (Å²) in [5.74, 6) is 1.10. The van der Waals surface area contributed by atoms with Gasteiger partial charge in [-0.05, 0) is 61.0 Å². The monoisotopic (exact) mass is 460 g/mol. The highest BCUT2D eigenvalue weighted by atomic mass is 16.7. The summed E-state index contributed by atoms with van der Waals surface area (Å²) in [7, 11) is -0.337. The summed E-state index contributed by atoms with van der Waals surface area (Å²) in [5.41, 5.74) is 8.56. The van der Waals surface area contributed by atoms with Gasteiger partial charge >= 0.3 is 7.12 Å². The number of nitrogens with one attached hydrogen (secondary N) is 1. The van der Waals surface area contributed by atoms with Gasteiger partial charge in [0, 0.05) is 12.4 Å². The van der Waals surface area contributed by atoms with Gasteiger partial charge in [0.15, 0.2) is 0 Å². The largest absolute Gasteiger partial charge is 0.463 e. The van der Waals surface area contributed by atoms with E-state index in [0.717, 1.165) is 18.4 Å². The van der Waals surface area contributed by atoms with Crippen LogP contribution in [-0.2, 0) is 26.9 Å². The van der Waals surface area contributed by atoms with Crippen LogP contribution in [0, 0.1) is 17.3 Å². The Labute approximate surface area is 203 Å². The molecular weight excluding hydrogens is 423 g/mol. The van der Waals surface area contributed by atoms with Gasteiger partial charge in [0.2, 0.25) is 5.91 Å². The van der Waals surface area contributed by atoms with Gasteiger partial charge in [0.05, 0.1) is 17.7 Å². The molecule has 2 aromatic rings. The Kier molecular flexibility index (Phi) is 6.34. The van der Waals surface area contributed by atoms with E-state index >= 15 is 0 Å². The normalized spacial score (nSPS) is 30.7. The van der Waals surface area contributed by atoms with Crippen LogP contribution in [0.2, 0.25) is 5.82 Å². The minimum Gasteiger partial charge on any atom is -0.405 e. The highest BCUT2D eigenvalue weighted by Gasteiger charge is 2.68. The third-order valence-electron chi connectivity index (χ3n) is 8.87. The van der Waals surface area contributed by atoms with E-state index in [9.17, 15) is 4.79 Å². The number of benzene rings is 2. The van der Waals surface area contributed by atoms with Crippen molar-refractivity contribution in [3.8, 4) is 0 Å². The fourth-order valence-corrected chi connectivity index (χ4v) is 6.61. The molecule has 0 spiro atoms. The average Bonchev–Trinajstić information content (AvgIpc) is 3.19. The highest BCUT2D eigenvalue weighted by molar-refractivity contribution is 6.47. The lowest BCUT2D eigenvalue weighted by Crippen LogP contribution is -2.65. The van der Waals surface area contributed by atoms with Gasteiger partial charge in [-0.2, -0.15) is 0 Å². The summed E-state index contributed by atoms with van der Waals surface area (Å²) in [6.45, 7) is 7.47. The second-order valence-electron chi connectivity index (χ2n) is 11.3. The van der Waals surface area contributed by atoms with E-state index in [1.807, 2.05) is 36.4 Å². The second kappa shape index (κ2) is 9.14. The predicted molar refractivity (Wildman–Crippen MR) is 135 cm³/mol. The van der Waals surface area contributed by atoms with Crippen molar-refractivity contribution in [1.82, 2.24) is 5.32 Å². The molecule has 2 aromatic carbocycles. The summed E-state index contributed by atoms with van der Waals surface area (Å²) in [4.78, 5) is 12.9. The lowest BCUT2D eigenvalue weighted by molar-refractivity contribution is -0.199. The van der Waals surface area contributed by atoms with Crippen molar-refractivity contribution in [2.24, 2.45) is 23.0 Å². The smallest absolute Gasteiger partial charge is 0.405 e. The van der Waals surface area contributed by atoms with Crippen molar-refractivity contribution in [2.75, 3.05) is 6.54 Å². The fraction of sp³-hybridized carbons (Fsp3) is 0.536. The first-order chi connectivity index (χ1) is 16.3. The number of amides is 1. The molecule has 3 unspecified atom stereocenters. The number of nitrogens with two attached hydrogens (primary N) is 1. The van der Waals surface area contributed by atoms with Gasteiger partial charge in [-0.3, -0.25) is 4.79 Å². The average molecular weight is 460 g/mol. The highest BCUT2D eigenvalue weighted by Crippen LogP contribution is 2.66. The molecule has 180 valence electrons. The third kappa shape index (κ3) is 4.32. The van der Waals surface area contributed by atoms with Crippen LogP contribution < -0.4 is 11.1 Å². The van der Waals surface area contributed by atoms with E-state index < -0.39 is 6.04 Å². The van der Waals surface area contributed by atoms with E-state index in [0.29, 0.717) is 30.2 Å². The molecule has 1 saturated heterocycles. The summed E-state index contributed by atoms with van der Waals surface area (Å²) < 4.78 is 13.3. The van der Waals surface area contributed by atoms with Gasteiger partial charge in [-0.25, -0.2) is 0 Å². The van der Waals surface area contributed by atoms with E-state index in [4.69, 9.17) is 15.0 Å². The Bertz CT molecular complexity index is 1000. The topological polar surface area (TPSA) is 73.6 Å². The SMILES string of the molecule is CC1(C)C2CC3OB([C@@H](CNC(=O)[C@@H](N)Cc4ccccc4)Cc4ccccc4)O[C@]3(C)C1C2. The molecule has 3 saturated carbocycles. The first-order valence-electron chi connectivity index (χ1n) is 12.7. The summed E-state index contributed by atoms with van der Waals surface area (Å²) in [6.07, 6.45) is 3.71. The Morgan fingerprint density at radius 1 is 1.03 bits per heavy atom. The van der Waals surface area contributed by atoms with Crippen molar-refractivity contribution < 1.29 is 14.1 Å². The molecule has 3 aliphatic carbocycles. The van der Waals surface area contributed by atoms with Gasteiger partial charge in [-0.1, -0.05) is 74.5 Å². The quantitative estimate of drug-likeness (QED) is 0.584. The van der Waals surface area contributed by atoms with Crippen LogP contribution in [0.15, 0.2) is 60.7 Å². The maximum Gasteiger partial charge on any atom is 0.463 e. The maximum atomic E-state index is 12.9. The number of rotatable bonds is 8. The molecule has 6 rings (SSSR count). The van der Waals surface area contributed by atoms with Crippen LogP contribution in [0.4, 0.5) is 0 Å². The van der Waals surface area contributed by atoms with Gasteiger partial charge in [0.1, 0.15) is 0 Å². The Balaban J connectivity index is 1.27. The van der Waals surface area contributed by atoms with Gasteiger partial charge in [0.25, 0.3) is 0 Å². The first-order valence-corrected chi connectivity index (χ1v) is 12.7. The van der Waals surface area contributed by atoms with Crippen LogP contribution in [0.1, 0.15) is 44.7 Å². The molecular formula is C28H37BN2O3. The van der Waals surface area contributed by atoms with Gasteiger partial charge in [-0.15, -0.1) is 0 Å². The molecule has 6 atom stereocenters. The van der Waals surface area contributed by atoms with Crippen molar-refractivity contribution in [3.05, 3.63) is 71.8 Å². The molecule has 0 aromatic heterocycles. The molecule has 1 amide bonds. The zero-order valence-electron chi connectivity index (χ0n) is 20.6. The molecule has 0 radical (unpaired) electrons. The van der Waals surface area contributed by atoms with E-state index in [-0.39, 0.29) is 30.5 Å². The molecule has 1 heterocycles. The van der Waals surface area contributed by atoms with Gasteiger partial charge < -0.3 is 20.4 Å². The number of carbonyl (C=O) groups excluding carboxylic acids is 1. The molecule has 34 heavy (non-hydrogen) atoms. The van der Waals surface area contributed by atoms with E-state index in [1.165, 1.54) is 12.0 Å². The van der Waals surface area contributed by atoms with E-state index in [1.54, 1.807) is 0 Å². The molecule has 3 N–H and O–H groups in total. The minimum absolute atomic E-state index is 0.0120. The molecule has 2 bridgehead atoms. The summed E-state index contributed by atoms with van der Waals surface area (Å²) >= 11 is 0. The third-order valence-corrected chi connectivity index (χ3v) is 8.87. The Morgan fingerprint density at radius 2 is 1.65 bits per heavy atom.